The third kappa shape index (κ3) is 5.14. The van der Waals surface area contributed by atoms with E-state index in [-0.39, 0.29) is 5.97 Å². The number of hydrogen-bond donors (Lipinski definition) is 0. The maximum absolute atomic E-state index is 12.0. The number of nitrogens with zero attached hydrogens (tertiary/aromatic N) is 2. The number of carbonyl (C=O) groups excluding carboxylic acids is 2. The van der Waals surface area contributed by atoms with E-state index in [0.717, 1.165) is 17.4 Å². The van der Waals surface area contributed by atoms with E-state index in [1.807, 2.05) is 45.0 Å². The highest BCUT2D eigenvalue weighted by Crippen LogP contribution is 2.34. The largest absolute Gasteiger partial charge is 0.367 e. The van der Waals surface area contributed by atoms with Crippen LogP contribution in [0.4, 0.5) is 0 Å². The maximum Gasteiger partial charge on any atom is 0.330 e. The van der Waals surface area contributed by atoms with Crippen molar-refractivity contribution in [2.24, 2.45) is 10.8 Å². The molecule has 1 aliphatic rings. The van der Waals surface area contributed by atoms with Gasteiger partial charge in [0.05, 0.1) is 17.9 Å². The van der Waals surface area contributed by atoms with Crippen LogP contribution in [0, 0.1) is 22.2 Å². The molecule has 25 heavy (non-hydrogen) atoms. The van der Waals surface area contributed by atoms with Crippen molar-refractivity contribution >= 4 is 12.3 Å². The second-order valence-electron chi connectivity index (χ2n) is 7.87. The number of nitriles is 1. The lowest BCUT2D eigenvalue weighted by Gasteiger charge is -2.37. The highest BCUT2D eigenvalue weighted by atomic mass is 16.7. The van der Waals surface area contributed by atoms with Crippen LogP contribution in [0.25, 0.3) is 0 Å². The minimum absolute atomic E-state index is 0.251. The lowest BCUT2D eigenvalue weighted by atomic mass is 9.75. The molecule has 1 aliphatic heterocycles. The van der Waals surface area contributed by atoms with Crippen molar-refractivity contribution in [3.8, 4) is 6.07 Å². The minimum Gasteiger partial charge on any atom is -0.367 e. The zero-order valence-electron chi connectivity index (χ0n) is 15.2. The average molecular weight is 342 g/mol. The third-order valence-corrected chi connectivity index (χ3v) is 4.65. The summed E-state index contributed by atoms with van der Waals surface area (Å²) in [6, 6.07) is 9.99. The molecular formula is C20H26N2O3. The molecule has 5 heteroatoms. The SMILES string of the molecule is CC(C)(C)C(=O)ON1CCC(C=O)(Cc2ccc(CC#N)cc2)CC1. The molecule has 1 heterocycles. The van der Waals surface area contributed by atoms with Crippen LogP contribution in [0.1, 0.15) is 44.7 Å². The van der Waals surface area contributed by atoms with E-state index in [0.29, 0.717) is 38.8 Å². The monoisotopic (exact) mass is 342 g/mol. The molecule has 1 aromatic rings. The van der Waals surface area contributed by atoms with Crippen molar-refractivity contribution in [3.05, 3.63) is 35.4 Å². The van der Waals surface area contributed by atoms with Crippen LogP contribution in [0.15, 0.2) is 24.3 Å². The van der Waals surface area contributed by atoms with E-state index in [1.54, 1.807) is 5.06 Å². The molecule has 0 bridgehead atoms. The van der Waals surface area contributed by atoms with E-state index >= 15 is 0 Å². The van der Waals surface area contributed by atoms with Gasteiger partial charge in [-0.25, -0.2) is 4.79 Å². The average Bonchev–Trinajstić information content (AvgIpc) is 2.58. The Labute approximate surface area is 149 Å². The Morgan fingerprint density at radius 1 is 1.24 bits per heavy atom. The van der Waals surface area contributed by atoms with Crippen LogP contribution in [-0.4, -0.2) is 30.4 Å². The molecule has 1 saturated heterocycles. The quantitative estimate of drug-likeness (QED) is 0.769. The van der Waals surface area contributed by atoms with Gasteiger partial charge >= 0.3 is 5.97 Å². The van der Waals surface area contributed by atoms with Crippen molar-refractivity contribution in [1.29, 1.82) is 5.26 Å². The molecule has 1 fully saturated rings. The third-order valence-electron chi connectivity index (χ3n) is 4.65. The van der Waals surface area contributed by atoms with Crippen LogP contribution >= 0.6 is 0 Å². The molecule has 0 radical (unpaired) electrons. The summed E-state index contributed by atoms with van der Waals surface area (Å²) in [7, 11) is 0. The number of benzene rings is 1. The number of hydroxylamine groups is 2. The van der Waals surface area contributed by atoms with Crippen LogP contribution in [0.3, 0.4) is 0 Å². The predicted molar refractivity (Wildman–Crippen MR) is 94.3 cm³/mol. The summed E-state index contributed by atoms with van der Waals surface area (Å²) in [6.45, 7) is 6.60. The molecule has 1 aromatic carbocycles. The second-order valence-corrected chi connectivity index (χ2v) is 7.87. The summed E-state index contributed by atoms with van der Waals surface area (Å²) in [5, 5.41) is 10.4. The molecule has 134 valence electrons. The Balaban J connectivity index is 1.95. The van der Waals surface area contributed by atoms with Gasteiger partial charge in [-0.15, -0.1) is 5.06 Å². The van der Waals surface area contributed by atoms with Crippen molar-refractivity contribution in [2.45, 2.75) is 46.5 Å². The fraction of sp³-hybridized carbons (Fsp3) is 0.550. The van der Waals surface area contributed by atoms with Crippen molar-refractivity contribution in [1.82, 2.24) is 5.06 Å². The molecular weight excluding hydrogens is 316 g/mol. The molecule has 0 unspecified atom stereocenters. The summed E-state index contributed by atoms with van der Waals surface area (Å²) >= 11 is 0. The first-order valence-corrected chi connectivity index (χ1v) is 8.66. The molecule has 0 spiro atoms. The first-order chi connectivity index (χ1) is 11.8. The first-order valence-electron chi connectivity index (χ1n) is 8.66. The maximum atomic E-state index is 12.0. The van der Waals surface area contributed by atoms with Crippen LogP contribution in [-0.2, 0) is 27.3 Å². The van der Waals surface area contributed by atoms with Gasteiger partial charge < -0.3 is 9.63 Å². The van der Waals surface area contributed by atoms with Crippen molar-refractivity contribution in [2.75, 3.05) is 13.1 Å². The summed E-state index contributed by atoms with van der Waals surface area (Å²) < 4.78 is 0. The van der Waals surface area contributed by atoms with Gasteiger partial charge in [-0.3, -0.25) is 0 Å². The Hall–Kier alpha value is -2.19. The van der Waals surface area contributed by atoms with Crippen molar-refractivity contribution in [3.63, 3.8) is 0 Å². The van der Waals surface area contributed by atoms with Gasteiger partial charge in [-0.05, 0) is 51.2 Å². The van der Waals surface area contributed by atoms with Gasteiger partial charge in [0.25, 0.3) is 0 Å². The molecule has 5 nitrogen and oxygen atoms in total. The van der Waals surface area contributed by atoms with Gasteiger partial charge in [0.1, 0.15) is 6.29 Å². The number of carbonyl (C=O) groups is 2. The summed E-state index contributed by atoms with van der Waals surface area (Å²) in [4.78, 5) is 29.2. The smallest absolute Gasteiger partial charge is 0.330 e. The molecule has 0 aliphatic carbocycles. The topological polar surface area (TPSA) is 70.4 Å². The standard InChI is InChI=1S/C20H26N2O3/c1-19(2,3)18(24)25-22-12-9-20(15-23,10-13-22)14-17-6-4-16(5-7-17)8-11-21/h4-7,15H,8-10,12-14H2,1-3H3. The van der Waals surface area contributed by atoms with Gasteiger partial charge in [-0.2, -0.15) is 5.26 Å². The zero-order valence-corrected chi connectivity index (χ0v) is 15.2. The highest BCUT2D eigenvalue weighted by Gasteiger charge is 2.36. The first kappa shape index (κ1) is 19.1. The zero-order chi connectivity index (χ0) is 18.5. The highest BCUT2D eigenvalue weighted by molar-refractivity contribution is 5.75. The molecule has 0 aromatic heterocycles. The Morgan fingerprint density at radius 3 is 2.28 bits per heavy atom. The van der Waals surface area contributed by atoms with Gasteiger partial charge in [0.2, 0.25) is 0 Å². The Bertz CT molecular complexity index is 645. The molecule has 0 saturated carbocycles. The van der Waals surface area contributed by atoms with E-state index in [9.17, 15) is 9.59 Å². The van der Waals surface area contributed by atoms with E-state index in [2.05, 4.69) is 6.07 Å². The lowest BCUT2D eigenvalue weighted by Crippen LogP contribution is -2.44. The number of aldehydes is 1. The molecule has 0 amide bonds. The van der Waals surface area contributed by atoms with E-state index in [4.69, 9.17) is 10.1 Å². The van der Waals surface area contributed by atoms with Gasteiger partial charge in [0.15, 0.2) is 0 Å². The fourth-order valence-corrected chi connectivity index (χ4v) is 2.89. The predicted octanol–water partition coefficient (Wildman–Crippen LogP) is 3.08. The Morgan fingerprint density at radius 2 is 1.80 bits per heavy atom. The normalized spacial score (nSPS) is 17.5. The summed E-state index contributed by atoms with van der Waals surface area (Å²) in [6.07, 6.45) is 3.44. The molecule has 2 rings (SSSR count). The number of piperidine rings is 1. The Kier molecular flexibility index (Phi) is 5.97. The van der Waals surface area contributed by atoms with E-state index < -0.39 is 10.8 Å². The fourth-order valence-electron chi connectivity index (χ4n) is 2.89. The van der Waals surface area contributed by atoms with Crippen LogP contribution < -0.4 is 0 Å². The summed E-state index contributed by atoms with van der Waals surface area (Å²) in [5.41, 5.74) is 1.12. The summed E-state index contributed by atoms with van der Waals surface area (Å²) in [5.74, 6) is -0.251. The number of rotatable bonds is 5. The van der Waals surface area contributed by atoms with Crippen LogP contribution in [0.2, 0.25) is 0 Å². The molecule has 0 atom stereocenters. The van der Waals surface area contributed by atoms with Gasteiger partial charge in [0, 0.05) is 18.5 Å². The second kappa shape index (κ2) is 7.79. The molecule has 0 N–H and O–H groups in total. The lowest BCUT2D eigenvalue weighted by molar-refractivity contribution is -0.208. The van der Waals surface area contributed by atoms with E-state index in [1.165, 1.54) is 0 Å². The minimum atomic E-state index is -0.537. The number of hydrogen-bond acceptors (Lipinski definition) is 5. The van der Waals surface area contributed by atoms with Crippen LogP contribution in [0.5, 0.6) is 0 Å². The van der Waals surface area contributed by atoms with Gasteiger partial charge in [-0.1, -0.05) is 24.3 Å². The van der Waals surface area contributed by atoms with Crippen molar-refractivity contribution < 1.29 is 14.4 Å².